The summed E-state index contributed by atoms with van der Waals surface area (Å²) in [5.41, 5.74) is 2.12. The van der Waals surface area contributed by atoms with Gasteiger partial charge in [-0.05, 0) is 68.9 Å². The highest BCUT2D eigenvalue weighted by Crippen LogP contribution is 2.54. The van der Waals surface area contributed by atoms with E-state index in [-0.39, 0.29) is 97.5 Å². The Morgan fingerprint density at radius 1 is 0.696 bits per heavy atom. The first-order chi connectivity index (χ1) is 26.9. The fourth-order valence-corrected chi connectivity index (χ4v) is 12.0. The lowest BCUT2D eigenvalue weighted by Crippen LogP contribution is -2.62. The van der Waals surface area contributed by atoms with Gasteiger partial charge >= 0.3 is 5.97 Å². The van der Waals surface area contributed by atoms with Crippen LogP contribution in [0.2, 0.25) is 0 Å². The fourth-order valence-electron chi connectivity index (χ4n) is 12.0. The molecule has 1 spiro atoms. The van der Waals surface area contributed by atoms with Crippen LogP contribution in [0, 0.1) is 11.8 Å². The quantitative estimate of drug-likeness (QED) is 0.316. The molecule has 13 heteroatoms. The van der Waals surface area contributed by atoms with Crippen molar-refractivity contribution in [2.45, 2.75) is 220 Å². The number of hydrogen-bond acceptors (Lipinski definition) is 13. The van der Waals surface area contributed by atoms with Gasteiger partial charge in [-0.1, -0.05) is 27.0 Å². The molecule has 310 valence electrons. The molecule has 12 bridgehead atoms. The first kappa shape index (κ1) is 38.4. The van der Waals surface area contributed by atoms with Gasteiger partial charge in [-0.2, -0.15) is 0 Å². The molecule has 0 aliphatic carbocycles. The normalized spacial score (nSPS) is 54.1. The highest BCUT2D eigenvalue weighted by molar-refractivity contribution is 5.76. The number of carbonyl (C=O) groups excluding carboxylic acids is 2. The maximum Gasteiger partial charge on any atom is 0.308 e. The molecule has 3 unspecified atom stereocenters. The third-order valence-electron chi connectivity index (χ3n) is 14.9. The molecule has 11 saturated heterocycles. The summed E-state index contributed by atoms with van der Waals surface area (Å²) in [5, 5.41) is 11.0. The number of ketones is 1. The van der Waals surface area contributed by atoms with Gasteiger partial charge in [0.05, 0.1) is 79.7 Å². The average Bonchev–Trinajstić information content (AvgIpc) is 3.74. The summed E-state index contributed by atoms with van der Waals surface area (Å²) < 4.78 is 66.9. The van der Waals surface area contributed by atoms with Crippen molar-refractivity contribution in [1.29, 1.82) is 0 Å². The molecule has 56 heavy (non-hydrogen) atoms. The average molecular weight is 785 g/mol. The molecule has 11 aliphatic rings. The van der Waals surface area contributed by atoms with Crippen molar-refractivity contribution in [3.8, 4) is 0 Å². The number of aliphatic hydroxyl groups is 1. The van der Waals surface area contributed by atoms with Crippen molar-refractivity contribution in [2.75, 3.05) is 0 Å². The lowest BCUT2D eigenvalue weighted by atomic mass is 9.79. The summed E-state index contributed by atoms with van der Waals surface area (Å²) in [6, 6.07) is 0. The monoisotopic (exact) mass is 784 g/mol. The van der Waals surface area contributed by atoms with Crippen molar-refractivity contribution in [3.63, 3.8) is 0 Å². The highest BCUT2D eigenvalue weighted by atomic mass is 16.8. The van der Waals surface area contributed by atoms with E-state index in [9.17, 15) is 14.7 Å². The largest absolute Gasteiger partial charge is 0.459 e. The zero-order valence-electron chi connectivity index (χ0n) is 33.0. The van der Waals surface area contributed by atoms with Gasteiger partial charge in [0.15, 0.2) is 5.79 Å². The summed E-state index contributed by atoms with van der Waals surface area (Å²) in [4.78, 5) is 26.1. The Kier molecular flexibility index (Phi) is 10.1. The Bertz CT molecular complexity index is 1570. The van der Waals surface area contributed by atoms with E-state index in [2.05, 4.69) is 20.1 Å². The van der Waals surface area contributed by atoms with E-state index in [0.717, 1.165) is 49.7 Å². The molecule has 0 radical (unpaired) electrons. The van der Waals surface area contributed by atoms with Crippen LogP contribution in [0.15, 0.2) is 24.3 Å². The number of hydrogen-bond donors (Lipinski definition) is 1. The Hall–Kier alpha value is -1.78. The summed E-state index contributed by atoms with van der Waals surface area (Å²) in [5.74, 6) is -1.31. The second-order valence-electron chi connectivity index (χ2n) is 18.9. The first-order valence-electron chi connectivity index (χ1n) is 21.6. The van der Waals surface area contributed by atoms with Gasteiger partial charge in [0, 0.05) is 38.0 Å². The molecule has 11 rings (SSSR count). The minimum absolute atomic E-state index is 0.00821. The lowest BCUT2D eigenvalue weighted by Gasteiger charge is -2.51. The second kappa shape index (κ2) is 14.7. The minimum atomic E-state index is -0.846. The van der Waals surface area contributed by atoms with Gasteiger partial charge in [0.25, 0.3) is 0 Å². The van der Waals surface area contributed by atoms with Crippen LogP contribution in [-0.2, 0) is 57.0 Å². The summed E-state index contributed by atoms with van der Waals surface area (Å²) >= 11 is 0. The van der Waals surface area contributed by atoms with Crippen molar-refractivity contribution < 1.29 is 62.1 Å². The van der Waals surface area contributed by atoms with Gasteiger partial charge < -0.3 is 52.5 Å². The number of Topliss-reactive ketones (excluding diaryl/α,β-unsaturated/α-hetero) is 1. The van der Waals surface area contributed by atoms with Crippen LogP contribution in [0.5, 0.6) is 0 Å². The smallest absolute Gasteiger partial charge is 0.308 e. The predicted octanol–water partition coefficient (Wildman–Crippen LogP) is 4.18. The van der Waals surface area contributed by atoms with Gasteiger partial charge in [0.1, 0.15) is 42.4 Å². The number of esters is 1. The van der Waals surface area contributed by atoms with Crippen molar-refractivity contribution in [3.05, 3.63) is 24.3 Å². The zero-order valence-corrected chi connectivity index (χ0v) is 33.0. The maximum atomic E-state index is 14.1. The zero-order chi connectivity index (χ0) is 38.6. The molecule has 13 nitrogen and oxygen atoms in total. The topological polar surface area (TPSA) is 147 Å². The molecule has 0 aromatic carbocycles. The molecule has 11 aliphatic heterocycles. The van der Waals surface area contributed by atoms with E-state index in [1.54, 1.807) is 0 Å². The molecular weight excluding hydrogens is 724 g/mol. The second-order valence-corrected chi connectivity index (χ2v) is 18.9. The lowest BCUT2D eigenvalue weighted by molar-refractivity contribution is -0.293. The Labute approximate surface area is 329 Å². The summed E-state index contributed by atoms with van der Waals surface area (Å²) in [6.45, 7) is 14.6. The van der Waals surface area contributed by atoms with Crippen LogP contribution in [-0.4, -0.2) is 133 Å². The molecular formula is C43H60O13. The number of fused-ring (bicyclic) bond motifs is 7. The minimum Gasteiger partial charge on any atom is -0.459 e. The maximum absolute atomic E-state index is 14.1. The third kappa shape index (κ3) is 6.87. The molecule has 0 saturated carbocycles. The van der Waals surface area contributed by atoms with Gasteiger partial charge in [0.2, 0.25) is 0 Å². The van der Waals surface area contributed by atoms with Gasteiger partial charge in [-0.15, -0.1) is 0 Å². The van der Waals surface area contributed by atoms with Gasteiger partial charge in [-0.25, -0.2) is 0 Å². The van der Waals surface area contributed by atoms with Crippen LogP contribution in [0.3, 0.4) is 0 Å². The highest BCUT2D eigenvalue weighted by Gasteiger charge is 2.69. The number of carbonyl (C=O) groups is 2. The van der Waals surface area contributed by atoms with Gasteiger partial charge in [-0.3, -0.25) is 9.59 Å². The molecule has 0 aromatic heterocycles. The molecule has 0 aromatic rings. The standard InChI is InChI=1S/C43H60O13/c1-19-12-24-6-8-28-20(2)13-26(47-28)10-11-43-18-34-39(55-43)40-41(53-34)42(56-43)38-29(51-40)9-7-25(49-38)15-35(46)54-37-23(5)36-32(16-27(45)31(52-36)14-21(3)44)50-33(37)17-30(48-24)22(19)4/h19,23-34,36-42,45H,2,4,6-18H2,1,3,5H3/t19-,23+,24+,25-,26+,27-,28+,29+,30-,31-,32+,33+,34-,36+,37-,38+,39?,40+,41?,42?,43+/m1/s1. The van der Waals surface area contributed by atoms with E-state index >= 15 is 0 Å². The molecule has 11 fully saturated rings. The van der Waals surface area contributed by atoms with Crippen LogP contribution in [0.4, 0.5) is 0 Å². The van der Waals surface area contributed by atoms with Crippen LogP contribution >= 0.6 is 0 Å². The fraction of sp³-hybridized carbons (Fsp3) is 0.860. The van der Waals surface area contributed by atoms with E-state index < -0.39 is 54.6 Å². The first-order valence-corrected chi connectivity index (χ1v) is 21.6. The molecule has 21 atom stereocenters. The van der Waals surface area contributed by atoms with Crippen molar-refractivity contribution in [1.82, 2.24) is 0 Å². The van der Waals surface area contributed by atoms with E-state index in [1.165, 1.54) is 6.92 Å². The summed E-state index contributed by atoms with van der Waals surface area (Å²) in [6.07, 6.45) is 1.58. The molecule has 0 amide bonds. The van der Waals surface area contributed by atoms with Crippen LogP contribution in [0.1, 0.15) is 104 Å². The Balaban J connectivity index is 0.934. The molecule has 1 N–H and O–H groups in total. The Morgan fingerprint density at radius 3 is 2.27 bits per heavy atom. The third-order valence-corrected chi connectivity index (χ3v) is 14.9. The number of ether oxygens (including phenoxy) is 10. The molecule has 11 heterocycles. The summed E-state index contributed by atoms with van der Waals surface area (Å²) in [7, 11) is 0. The number of rotatable bonds is 2. The van der Waals surface area contributed by atoms with E-state index in [4.69, 9.17) is 47.4 Å². The Morgan fingerprint density at radius 2 is 1.43 bits per heavy atom. The van der Waals surface area contributed by atoms with Crippen molar-refractivity contribution in [2.24, 2.45) is 11.8 Å². The van der Waals surface area contributed by atoms with E-state index in [1.807, 2.05) is 6.92 Å². The number of aliphatic hydroxyl groups excluding tert-OH is 1. The van der Waals surface area contributed by atoms with Crippen molar-refractivity contribution >= 4 is 11.8 Å². The predicted molar refractivity (Wildman–Crippen MR) is 196 cm³/mol. The SMILES string of the molecule is C=C1C[C@@H]2CC[C@@]34C[C@H]5OC6C(O3)[C@H]3O[C@H](CC[C@@H]3O[C@H]6C5O4)CC(=O)O[C@@H]3[C@@H](C)[C@@H]4O[C@H](CC(C)=O)[C@H](O)C[C@@H]4O[C@H]3C[C@H]3O[C@@H](CC[C@@H]1O2)C[C@@H](C)C3=C. The van der Waals surface area contributed by atoms with Crippen LogP contribution < -0.4 is 0 Å². The van der Waals surface area contributed by atoms with E-state index in [0.29, 0.717) is 32.1 Å². The van der Waals surface area contributed by atoms with Crippen LogP contribution in [0.25, 0.3) is 0 Å².